The van der Waals surface area contributed by atoms with E-state index in [-0.39, 0.29) is 0 Å². The summed E-state index contributed by atoms with van der Waals surface area (Å²) in [7, 11) is 1.67. The fraction of sp³-hybridized carbons (Fsp3) is 0.409. The molecular weight excluding hydrogens is 326 g/mol. The van der Waals surface area contributed by atoms with Crippen molar-refractivity contribution < 1.29 is 14.6 Å². The summed E-state index contributed by atoms with van der Waals surface area (Å²) in [5, 5.41) is 9.87. The van der Waals surface area contributed by atoms with Crippen molar-refractivity contribution in [1.82, 2.24) is 4.90 Å². The van der Waals surface area contributed by atoms with Crippen LogP contribution in [0, 0.1) is 5.41 Å². The molecule has 2 aromatic carbocycles. The number of carboxylic acids is 1. The van der Waals surface area contributed by atoms with Crippen molar-refractivity contribution in [3.8, 4) is 5.75 Å². The summed E-state index contributed by atoms with van der Waals surface area (Å²) in [5.74, 6) is 0.218. The molecule has 3 rings (SSSR count). The predicted molar refractivity (Wildman–Crippen MR) is 102 cm³/mol. The Labute approximate surface area is 155 Å². The molecule has 0 spiro atoms. The summed E-state index contributed by atoms with van der Waals surface area (Å²) in [4.78, 5) is 14.4. The highest BCUT2D eigenvalue weighted by Crippen LogP contribution is 2.37. The second kappa shape index (κ2) is 8.37. The fourth-order valence-corrected chi connectivity index (χ4v) is 3.73. The highest BCUT2D eigenvalue weighted by atomic mass is 16.5. The van der Waals surface area contributed by atoms with E-state index in [2.05, 4.69) is 29.2 Å². The van der Waals surface area contributed by atoms with Crippen LogP contribution in [0.5, 0.6) is 5.75 Å². The first-order chi connectivity index (χ1) is 12.6. The third kappa shape index (κ3) is 4.44. The Morgan fingerprint density at radius 2 is 1.69 bits per heavy atom. The maximum Gasteiger partial charge on any atom is 0.309 e. The van der Waals surface area contributed by atoms with Crippen molar-refractivity contribution >= 4 is 5.97 Å². The number of carboxylic acid groups (broad SMARTS) is 1. The molecule has 4 nitrogen and oxygen atoms in total. The number of aryl methyl sites for hydroxylation is 1. The number of aliphatic carboxylic acids is 1. The van der Waals surface area contributed by atoms with Gasteiger partial charge in [0, 0.05) is 6.54 Å². The Hall–Kier alpha value is -2.33. The molecule has 1 aliphatic rings. The van der Waals surface area contributed by atoms with E-state index in [0.717, 1.165) is 31.8 Å². The quantitative estimate of drug-likeness (QED) is 0.817. The van der Waals surface area contributed by atoms with Crippen molar-refractivity contribution in [2.75, 3.05) is 20.2 Å². The van der Waals surface area contributed by atoms with Crippen LogP contribution < -0.4 is 4.74 Å². The lowest BCUT2D eigenvalue weighted by Crippen LogP contribution is -2.44. The Morgan fingerprint density at radius 3 is 2.27 bits per heavy atom. The average molecular weight is 353 g/mol. The summed E-state index contributed by atoms with van der Waals surface area (Å²) in [5.41, 5.74) is 1.86. The molecule has 26 heavy (non-hydrogen) atoms. The van der Waals surface area contributed by atoms with Crippen LogP contribution in [0.1, 0.15) is 30.4 Å². The van der Waals surface area contributed by atoms with Gasteiger partial charge in [0.15, 0.2) is 0 Å². The lowest BCUT2D eigenvalue weighted by atomic mass is 9.74. The second-order valence-electron chi connectivity index (χ2n) is 7.20. The molecule has 0 radical (unpaired) electrons. The lowest BCUT2D eigenvalue weighted by Gasteiger charge is -2.39. The summed E-state index contributed by atoms with van der Waals surface area (Å²) in [6.07, 6.45) is 2.96. The number of likely N-dealkylation sites (tertiary alicyclic amines) is 1. The zero-order valence-corrected chi connectivity index (χ0v) is 15.4. The van der Waals surface area contributed by atoms with Crippen LogP contribution in [-0.4, -0.2) is 36.2 Å². The first-order valence-corrected chi connectivity index (χ1v) is 9.24. The van der Waals surface area contributed by atoms with E-state index in [9.17, 15) is 9.90 Å². The number of carbonyl (C=O) groups is 1. The Bertz CT molecular complexity index is 704. The normalized spacial score (nSPS) is 17.0. The van der Waals surface area contributed by atoms with E-state index >= 15 is 0 Å². The van der Waals surface area contributed by atoms with E-state index in [1.54, 1.807) is 7.11 Å². The highest BCUT2D eigenvalue weighted by Gasteiger charge is 2.40. The molecule has 0 bridgehead atoms. The molecule has 0 aliphatic carbocycles. The van der Waals surface area contributed by atoms with Crippen molar-refractivity contribution in [2.45, 2.75) is 32.2 Å². The molecule has 1 fully saturated rings. The van der Waals surface area contributed by atoms with Crippen LogP contribution in [0.4, 0.5) is 0 Å². The molecule has 1 aliphatic heterocycles. The van der Waals surface area contributed by atoms with Gasteiger partial charge >= 0.3 is 5.97 Å². The van der Waals surface area contributed by atoms with Crippen LogP contribution in [0.15, 0.2) is 54.6 Å². The smallest absolute Gasteiger partial charge is 0.309 e. The third-order valence-electron chi connectivity index (χ3n) is 5.57. The van der Waals surface area contributed by atoms with Crippen molar-refractivity contribution in [3.63, 3.8) is 0 Å². The Balaban J connectivity index is 1.57. The van der Waals surface area contributed by atoms with Crippen LogP contribution in [0.3, 0.4) is 0 Å². The van der Waals surface area contributed by atoms with Gasteiger partial charge in [0.25, 0.3) is 0 Å². The molecular formula is C22H27NO3. The number of methoxy groups -OCH3 is 1. The van der Waals surface area contributed by atoms with Gasteiger partial charge in [-0.2, -0.15) is 0 Å². The standard InChI is InChI=1S/C22H27NO3/c1-26-20-9-7-19(8-10-20)17-23-15-13-22(14-16-23,21(24)25)12-11-18-5-3-2-4-6-18/h2-10H,11-17H2,1H3,(H,24,25). The molecule has 0 atom stereocenters. The number of rotatable bonds is 7. The molecule has 0 saturated carbocycles. The number of nitrogens with zero attached hydrogens (tertiary/aromatic N) is 1. The minimum absolute atomic E-state index is 0.591. The van der Waals surface area contributed by atoms with Gasteiger partial charge in [-0.25, -0.2) is 0 Å². The maximum atomic E-state index is 12.0. The molecule has 1 saturated heterocycles. The minimum atomic E-state index is -0.641. The summed E-state index contributed by atoms with van der Waals surface area (Å²) >= 11 is 0. The summed E-state index contributed by atoms with van der Waals surface area (Å²) < 4.78 is 5.20. The van der Waals surface area contributed by atoms with Crippen molar-refractivity contribution in [1.29, 1.82) is 0 Å². The van der Waals surface area contributed by atoms with Gasteiger partial charge in [0.1, 0.15) is 5.75 Å². The van der Waals surface area contributed by atoms with Gasteiger partial charge < -0.3 is 9.84 Å². The first-order valence-electron chi connectivity index (χ1n) is 9.24. The molecule has 1 N–H and O–H groups in total. The van der Waals surface area contributed by atoms with Crippen LogP contribution in [-0.2, 0) is 17.8 Å². The molecule has 0 aromatic heterocycles. The van der Waals surface area contributed by atoms with E-state index in [1.165, 1.54) is 11.1 Å². The summed E-state index contributed by atoms with van der Waals surface area (Å²) in [6, 6.07) is 18.3. The lowest BCUT2D eigenvalue weighted by molar-refractivity contribution is -0.152. The van der Waals surface area contributed by atoms with Gasteiger partial charge in [0.2, 0.25) is 0 Å². The number of hydrogen-bond donors (Lipinski definition) is 1. The van der Waals surface area contributed by atoms with Crippen LogP contribution in [0.25, 0.3) is 0 Å². The molecule has 138 valence electrons. The summed E-state index contributed by atoms with van der Waals surface area (Å²) in [6.45, 7) is 2.51. The highest BCUT2D eigenvalue weighted by molar-refractivity contribution is 5.74. The van der Waals surface area contributed by atoms with Gasteiger partial charge in [0.05, 0.1) is 12.5 Å². The van der Waals surface area contributed by atoms with Crippen molar-refractivity contribution in [3.05, 3.63) is 65.7 Å². The molecule has 0 amide bonds. The number of ether oxygens (including phenoxy) is 1. The number of hydrogen-bond acceptors (Lipinski definition) is 3. The van der Waals surface area contributed by atoms with Crippen LogP contribution in [0.2, 0.25) is 0 Å². The van der Waals surface area contributed by atoms with Gasteiger partial charge in [-0.15, -0.1) is 0 Å². The monoisotopic (exact) mass is 353 g/mol. The Morgan fingerprint density at radius 1 is 1.04 bits per heavy atom. The maximum absolute atomic E-state index is 12.0. The number of piperidine rings is 1. The van der Waals surface area contributed by atoms with Crippen LogP contribution >= 0.6 is 0 Å². The first kappa shape index (κ1) is 18.5. The average Bonchev–Trinajstić information content (AvgIpc) is 2.69. The van der Waals surface area contributed by atoms with Gasteiger partial charge in [-0.05, 0) is 62.0 Å². The Kier molecular flexibility index (Phi) is 5.94. The molecule has 4 heteroatoms. The van der Waals surface area contributed by atoms with E-state index in [0.29, 0.717) is 19.3 Å². The van der Waals surface area contributed by atoms with Gasteiger partial charge in [-0.3, -0.25) is 9.69 Å². The molecule has 2 aromatic rings. The zero-order chi connectivity index (χ0) is 18.4. The fourth-order valence-electron chi connectivity index (χ4n) is 3.73. The second-order valence-corrected chi connectivity index (χ2v) is 7.20. The zero-order valence-electron chi connectivity index (χ0n) is 15.4. The third-order valence-corrected chi connectivity index (χ3v) is 5.57. The minimum Gasteiger partial charge on any atom is -0.497 e. The van der Waals surface area contributed by atoms with E-state index < -0.39 is 11.4 Å². The van der Waals surface area contributed by atoms with E-state index in [4.69, 9.17) is 4.74 Å². The molecule has 1 heterocycles. The largest absolute Gasteiger partial charge is 0.497 e. The number of benzene rings is 2. The predicted octanol–water partition coefficient (Wildman–Crippen LogP) is 3.99. The molecule has 0 unspecified atom stereocenters. The SMILES string of the molecule is COc1ccc(CN2CCC(CCc3ccccc3)(C(=O)O)CC2)cc1. The van der Waals surface area contributed by atoms with Gasteiger partial charge in [-0.1, -0.05) is 42.5 Å². The topological polar surface area (TPSA) is 49.8 Å². The van der Waals surface area contributed by atoms with Crippen molar-refractivity contribution in [2.24, 2.45) is 5.41 Å². The van der Waals surface area contributed by atoms with E-state index in [1.807, 2.05) is 30.3 Å².